The minimum absolute atomic E-state index is 0.0803. The molecule has 0 amide bonds. The average molecular weight is 451 g/mol. The highest BCUT2D eigenvalue weighted by Gasteiger charge is 2.62. The van der Waals surface area contributed by atoms with E-state index >= 15 is 0 Å². The van der Waals surface area contributed by atoms with Crippen LogP contribution in [0.15, 0.2) is 12.7 Å². The molecule has 5 rings (SSSR count). The van der Waals surface area contributed by atoms with Gasteiger partial charge in [-0.05, 0) is 91.8 Å². The topological polar surface area (TPSA) is 99.4 Å². The predicted molar refractivity (Wildman–Crippen MR) is 119 cm³/mol. The maximum Gasteiger partial charge on any atom is 0.186 e. The zero-order valence-electron chi connectivity index (χ0n) is 19.6. The van der Waals surface area contributed by atoms with Crippen LogP contribution >= 0.6 is 0 Å². The van der Waals surface area contributed by atoms with Crippen LogP contribution < -0.4 is 0 Å². The number of aliphatic hydroxyl groups excluding tert-OH is 4. The van der Waals surface area contributed by atoms with Gasteiger partial charge in [0.25, 0.3) is 0 Å². The van der Waals surface area contributed by atoms with Crippen LogP contribution in [-0.2, 0) is 9.47 Å². The number of rotatable bonds is 3. The summed E-state index contributed by atoms with van der Waals surface area (Å²) in [5.74, 6) is 2.95. The summed E-state index contributed by atoms with van der Waals surface area (Å²) in [6.07, 6.45) is 5.34. The minimum Gasteiger partial charge on any atom is -0.390 e. The SMILES string of the molecule is C=C[C@H]1CC[C@H]2[C@@H]3CCC4[C@H](O[C@@H]5OC[C@@H](O)[C@@H](O)[C@@H]5O)[C@@H](O)CC[C@]4(C)[C@H]3CC[C@]12C. The van der Waals surface area contributed by atoms with Gasteiger partial charge in [0.05, 0.1) is 18.8 Å². The van der Waals surface area contributed by atoms with Gasteiger partial charge in [-0.15, -0.1) is 6.58 Å². The fourth-order valence-electron chi connectivity index (χ4n) is 8.95. The Morgan fingerprint density at radius 2 is 1.50 bits per heavy atom. The van der Waals surface area contributed by atoms with E-state index in [1.165, 1.54) is 25.7 Å². The first-order valence-corrected chi connectivity index (χ1v) is 12.8. The lowest BCUT2D eigenvalue weighted by Gasteiger charge is -2.62. The van der Waals surface area contributed by atoms with Crippen molar-refractivity contribution >= 4 is 0 Å². The predicted octanol–water partition coefficient (Wildman–Crippen LogP) is 2.63. The highest BCUT2D eigenvalue weighted by Crippen LogP contribution is 2.67. The number of hydrogen-bond acceptors (Lipinski definition) is 6. The van der Waals surface area contributed by atoms with Crippen LogP contribution in [0, 0.1) is 40.4 Å². The van der Waals surface area contributed by atoms with Crippen LogP contribution in [0.4, 0.5) is 0 Å². The molecule has 0 aromatic rings. The van der Waals surface area contributed by atoms with Crippen LogP contribution in [0.5, 0.6) is 0 Å². The van der Waals surface area contributed by atoms with Gasteiger partial charge in [-0.1, -0.05) is 19.9 Å². The van der Waals surface area contributed by atoms with Gasteiger partial charge in [0, 0.05) is 0 Å². The molecule has 0 bridgehead atoms. The van der Waals surface area contributed by atoms with Crippen molar-refractivity contribution in [1.82, 2.24) is 0 Å². The first-order valence-electron chi connectivity index (χ1n) is 12.8. The third-order valence-corrected chi connectivity index (χ3v) is 10.8. The molecule has 182 valence electrons. The van der Waals surface area contributed by atoms with Crippen molar-refractivity contribution in [3.8, 4) is 0 Å². The van der Waals surface area contributed by atoms with Crippen molar-refractivity contribution in [2.24, 2.45) is 40.4 Å². The largest absolute Gasteiger partial charge is 0.390 e. The summed E-state index contributed by atoms with van der Waals surface area (Å²) in [4.78, 5) is 0. The number of fused-ring (bicyclic) bond motifs is 5. The van der Waals surface area contributed by atoms with Crippen molar-refractivity contribution < 1.29 is 29.9 Å². The van der Waals surface area contributed by atoms with Gasteiger partial charge in [0.15, 0.2) is 6.29 Å². The Hall–Kier alpha value is -0.500. The van der Waals surface area contributed by atoms with E-state index < -0.39 is 36.8 Å². The number of ether oxygens (including phenoxy) is 2. The van der Waals surface area contributed by atoms with Crippen LogP contribution in [0.2, 0.25) is 0 Å². The quantitative estimate of drug-likeness (QED) is 0.494. The summed E-state index contributed by atoms with van der Waals surface area (Å²) in [5, 5.41) is 41.2. The molecule has 1 unspecified atom stereocenters. The second-order valence-corrected chi connectivity index (χ2v) is 12.0. The van der Waals surface area contributed by atoms with E-state index in [0.717, 1.165) is 31.1 Å². The molecule has 4 N–H and O–H groups in total. The molecule has 5 fully saturated rings. The highest BCUT2D eigenvalue weighted by molar-refractivity contribution is 5.12. The maximum absolute atomic E-state index is 10.9. The molecule has 0 aromatic carbocycles. The number of hydrogen-bond donors (Lipinski definition) is 4. The molecule has 1 heterocycles. The van der Waals surface area contributed by atoms with E-state index in [0.29, 0.717) is 23.7 Å². The van der Waals surface area contributed by atoms with Crippen molar-refractivity contribution in [3.05, 3.63) is 12.7 Å². The molecule has 6 heteroatoms. The standard InChI is InChI=1S/C26H42O6/c1-4-14-5-7-16-15-6-8-18-23(32-24-22(30)21(29)20(28)13-31-24)19(27)10-12-26(18,3)17(15)9-11-25(14,16)2/h4,14-24,27-30H,1,5-13H2,2-3H3/t14-,15-,16-,17-,18?,19-,20+,21+,22-,23-,24-,25+,26+/m0/s1. The monoisotopic (exact) mass is 450 g/mol. The van der Waals surface area contributed by atoms with E-state index in [4.69, 9.17) is 9.47 Å². The molecule has 0 aromatic heterocycles. The van der Waals surface area contributed by atoms with Gasteiger partial charge in [-0.25, -0.2) is 0 Å². The fourth-order valence-corrected chi connectivity index (χ4v) is 8.95. The zero-order chi connectivity index (χ0) is 22.8. The van der Waals surface area contributed by atoms with Crippen LogP contribution in [0.25, 0.3) is 0 Å². The van der Waals surface area contributed by atoms with E-state index in [1.54, 1.807) is 0 Å². The molecule has 4 saturated carbocycles. The van der Waals surface area contributed by atoms with E-state index in [9.17, 15) is 20.4 Å². The van der Waals surface area contributed by atoms with Crippen molar-refractivity contribution in [3.63, 3.8) is 0 Å². The van der Waals surface area contributed by atoms with Crippen LogP contribution in [-0.4, -0.2) is 63.8 Å². The fraction of sp³-hybridized carbons (Fsp3) is 0.923. The third kappa shape index (κ3) is 3.36. The number of aliphatic hydroxyl groups is 4. The van der Waals surface area contributed by atoms with Crippen molar-refractivity contribution in [2.45, 2.75) is 102 Å². The lowest BCUT2D eigenvalue weighted by Crippen LogP contribution is -2.61. The Labute approximate surface area is 192 Å². The first-order chi connectivity index (χ1) is 15.2. The summed E-state index contributed by atoms with van der Waals surface area (Å²) < 4.78 is 11.8. The Balaban J connectivity index is 1.36. The maximum atomic E-state index is 10.9. The van der Waals surface area contributed by atoms with E-state index in [2.05, 4.69) is 26.5 Å². The van der Waals surface area contributed by atoms with Gasteiger partial charge >= 0.3 is 0 Å². The molecule has 5 aliphatic rings. The van der Waals surface area contributed by atoms with Crippen molar-refractivity contribution in [2.75, 3.05) is 6.61 Å². The number of allylic oxidation sites excluding steroid dienone is 1. The molecule has 1 saturated heterocycles. The smallest absolute Gasteiger partial charge is 0.186 e. The Bertz CT molecular complexity index is 714. The molecule has 32 heavy (non-hydrogen) atoms. The normalized spacial score (nSPS) is 57.9. The molecule has 13 atom stereocenters. The summed E-state index contributed by atoms with van der Waals surface area (Å²) in [5.41, 5.74) is 0.478. The molecule has 4 aliphatic carbocycles. The van der Waals surface area contributed by atoms with Gasteiger partial charge in [0.1, 0.15) is 18.3 Å². The molecule has 6 nitrogen and oxygen atoms in total. The summed E-state index contributed by atoms with van der Waals surface area (Å²) >= 11 is 0. The summed E-state index contributed by atoms with van der Waals surface area (Å²) in [7, 11) is 0. The zero-order valence-corrected chi connectivity index (χ0v) is 19.6. The second-order valence-electron chi connectivity index (χ2n) is 12.0. The minimum atomic E-state index is -1.32. The van der Waals surface area contributed by atoms with Gasteiger partial charge in [0.2, 0.25) is 0 Å². The molecule has 0 spiro atoms. The molecular weight excluding hydrogens is 408 g/mol. The lowest BCUT2D eigenvalue weighted by atomic mass is 9.44. The molecular formula is C26H42O6. The van der Waals surface area contributed by atoms with Crippen LogP contribution in [0.3, 0.4) is 0 Å². The Morgan fingerprint density at radius 1 is 0.812 bits per heavy atom. The first kappa shape index (κ1) is 23.3. The van der Waals surface area contributed by atoms with E-state index in [-0.39, 0.29) is 17.9 Å². The Morgan fingerprint density at radius 3 is 2.25 bits per heavy atom. The summed E-state index contributed by atoms with van der Waals surface area (Å²) in [6, 6.07) is 0. The Kier molecular flexibility index (Phi) is 6.04. The molecule has 1 aliphatic heterocycles. The average Bonchev–Trinajstić information content (AvgIpc) is 3.12. The third-order valence-electron chi connectivity index (χ3n) is 10.8. The van der Waals surface area contributed by atoms with E-state index in [1.807, 2.05) is 0 Å². The van der Waals surface area contributed by atoms with Gasteiger partial charge in [-0.2, -0.15) is 0 Å². The highest BCUT2D eigenvalue weighted by atomic mass is 16.7. The van der Waals surface area contributed by atoms with Gasteiger partial charge in [-0.3, -0.25) is 0 Å². The van der Waals surface area contributed by atoms with Crippen molar-refractivity contribution in [1.29, 1.82) is 0 Å². The van der Waals surface area contributed by atoms with Crippen LogP contribution in [0.1, 0.15) is 65.2 Å². The lowest BCUT2D eigenvalue weighted by molar-refractivity contribution is -0.310. The second kappa shape index (κ2) is 8.31. The molecule has 0 radical (unpaired) electrons. The summed E-state index contributed by atoms with van der Waals surface area (Å²) in [6.45, 7) is 8.97. The van der Waals surface area contributed by atoms with Gasteiger partial charge < -0.3 is 29.9 Å².